The number of thiocarbonyl (C=S) groups is 1. The number of amides is 1. The Bertz CT molecular complexity index is 1140. The molecular formula is C23H16Cl2N2O2S. The van der Waals surface area contributed by atoms with Crippen molar-refractivity contribution in [1.82, 2.24) is 5.32 Å². The zero-order chi connectivity index (χ0) is 21.3. The maximum absolute atomic E-state index is 13.1. The van der Waals surface area contributed by atoms with Crippen molar-refractivity contribution in [3.8, 4) is 11.1 Å². The van der Waals surface area contributed by atoms with Crippen molar-refractivity contribution in [1.29, 1.82) is 0 Å². The Kier molecular flexibility index (Phi) is 5.88. The normalized spacial score (nSPS) is 17.9. The smallest absolute Gasteiger partial charge is 0.265 e. The molecule has 0 saturated carbocycles. The van der Waals surface area contributed by atoms with Crippen LogP contribution in [0.15, 0.2) is 78.4 Å². The van der Waals surface area contributed by atoms with E-state index in [1.165, 1.54) is 4.90 Å². The molecule has 4 rings (SSSR count). The Labute approximate surface area is 189 Å². The molecule has 0 radical (unpaired) electrons. The molecule has 30 heavy (non-hydrogen) atoms. The van der Waals surface area contributed by atoms with E-state index in [2.05, 4.69) is 5.32 Å². The van der Waals surface area contributed by atoms with Gasteiger partial charge >= 0.3 is 0 Å². The highest BCUT2D eigenvalue weighted by atomic mass is 35.5. The lowest BCUT2D eigenvalue weighted by Gasteiger charge is -2.33. The third-order valence-corrected chi connectivity index (χ3v) is 5.59. The summed E-state index contributed by atoms with van der Waals surface area (Å²) in [6.45, 7) is 0. The lowest BCUT2D eigenvalue weighted by atomic mass is 10.0. The van der Waals surface area contributed by atoms with E-state index in [4.69, 9.17) is 35.4 Å². The second kappa shape index (κ2) is 8.58. The molecule has 0 aromatic heterocycles. The SMILES string of the molecule is O=C1C(=Cc2ccc(-c3ccccc3Cl)cc2)C(O)NC(=S)N1c1ccc(Cl)cc1. The maximum atomic E-state index is 13.1. The van der Waals surface area contributed by atoms with Crippen LogP contribution in [0.4, 0.5) is 5.69 Å². The molecule has 1 unspecified atom stereocenters. The van der Waals surface area contributed by atoms with Crippen LogP contribution >= 0.6 is 35.4 Å². The second-order valence-corrected chi connectivity index (χ2v) is 7.90. The van der Waals surface area contributed by atoms with Gasteiger partial charge in [0.25, 0.3) is 5.91 Å². The number of carbonyl (C=O) groups is 1. The summed E-state index contributed by atoms with van der Waals surface area (Å²) < 4.78 is 0. The Morgan fingerprint density at radius 2 is 1.63 bits per heavy atom. The van der Waals surface area contributed by atoms with Gasteiger partial charge in [-0.25, -0.2) is 0 Å². The quantitative estimate of drug-likeness (QED) is 0.417. The van der Waals surface area contributed by atoms with Crippen molar-refractivity contribution >= 4 is 58.2 Å². The van der Waals surface area contributed by atoms with Crippen LogP contribution in [-0.2, 0) is 4.79 Å². The van der Waals surface area contributed by atoms with Gasteiger partial charge in [0, 0.05) is 15.6 Å². The van der Waals surface area contributed by atoms with Crippen molar-refractivity contribution in [2.45, 2.75) is 6.23 Å². The van der Waals surface area contributed by atoms with Crippen molar-refractivity contribution < 1.29 is 9.90 Å². The molecule has 0 bridgehead atoms. The number of carbonyl (C=O) groups excluding carboxylic acids is 1. The molecule has 0 aliphatic carbocycles. The molecule has 1 saturated heterocycles. The average molecular weight is 455 g/mol. The number of rotatable bonds is 3. The van der Waals surface area contributed by atoms with Crippen molar-refractivity contribution in [2.75, 3.05) is 4.90 Å². The first-order valence-electron chi connectivity index (χ1n) is 9.09. The van der Waals surface area contributed by atoms with E-state index in [1.54, 1.807) is 30.3 Å². The molecule has 3 aromatic carbocycles. The molecule has 1 atom stereocenters. The summed E-state index contributed by atoms with van der Waals surface area (Å²) >= 11 is 17.5. The van der Waals surface area contributed by atoms with E-state index >= 15 is 0 Å². The monoisotopic (exact) mass is 454 g/mol. The molecule has 7 heteroatoms. The number of hydrogen-bond acceptors (Lipinski definition) is 3. The number of aliphatic hydroxyl groups excluding tert-OH is 1. The molecule has 4 nitrogen and oxygen atoms in total. The third kappa shape index (κ3) is 4.11. The van der Waals surface area contributed by atoms with Crippen molar-refractivity contribution in [2.24, 2.45) is 0 Å². The van der Waals surface area contributed by atoms with Crippen molar-refractivity contribution in [3.63, 3.8) is 0 Å². The number of nitrogens with zero attached hydrogens (tertiary/aromatic N) is 1. The van der Waals surface area contributed by atoms with Gasteiger partial charge in [-0.3, -0.25) is 9.69 Å². The Morgan fingerprint density at radius 3 is 2.30 bits per heavy atom. The molecule has 2 N–H and O–H groups in total. The lowest BCUT2D eigenvalue weighted by molar-refractivity contribution is -0.115. The fourth-order valence-corrected chi connectivity index (χ4v) is 3.87. The minimum Gasteiger partial charge on any atom is -0.369 e. The molecule has 1 fully saturated rings. The summed E-state index contributed by atoms with van der Waals surface area (Å²) in [6, 6.07) is 21.9. The molecule has 1 amide bonds. The van der Waals surface area contributed by atoms with Crippen LogP contribution in [0.25, 0.3) is 17.2 Å². The van der Waals surface area contributed by atoms with Crippen LogP contribution in [0.3, 0.4) is 0 Å². The summed E-state index contributed by atoms with van der Waals surface area (Å²) in [5.41, 5.74) is 3.39. The molecule has 0 spiro atoms. The van der Waals surface area contributed by atoms with Gasteiger partial charge in [0.15, 0.2) is 11.3 Å². The van der Waals surface area contributed by atoms with Gasteiger partial charge in [-0.1, -0.05) is 65.7 Å². The number of hydrogen-bond donors (Lipinski definition) is 2. The summed E-state index contributed by atoms with van der Waals surface area (Å²) in [5, 5.41) is 14.5. The van der Waals surface area contributed by atoms with E-state index in [0.29, 0.717) is 15.7 Å². The van der Waals surface area contributed by atoms with E-state index in [1.807, 2.05) is 48.5 Å². The zero-order valence-electron chi connectivity index (χ0n) is 15.5. The number of benzene rings is 3. The number of anilines is 1. The molecule has 1 aliphatic heterocycles. The maximum Gasteiger partial charge on any atom is 0.265 e. The predicted molar refractivity (Wildman–Crippen MR) is 126 cm³/mol. The molecule has 1 heterocycles. The Balaban J connectivity index is 1.65. The summed E-state index contributed by atoms with van der Waals surface area (Å²) in [4.78, 5) is 14.4. The van der Waals surface area contributed by atoms with Crippen LogP contribution in [0.5, 0.6) is 0 Å². The Hall–Kier alpha value is -2.70. The lowest BCUT2D eigenvalue weighted by Crippen LogP contribution is -2.56. The van der Waals surface area contributed by atoms with Crippen LogP contribution in [0, 0.1) is 0 Å². The highest BCUT2D eigenvalue weighted by molar-refractivity contribution is 7.80. The van der Waals surface area contributed by atoms with Crippen LogP contribution in [-0.4, -0.2) is 22.4 Å². The Morgan fingerprint density at radius 1 is 0.967 bits per heavy atom. The van der Waals surface area contributed by atoms with Gasteiger partial charge in [-0.15, -0.1) is 0 Å². The summed E-state index contributed by atoms with van der Waals surface area (Å²) in [6.07, 6.45) is 0.443. The number of aliphatic hydroxyl groups is 1. The first kappa shape index (κ1) is 20.6. The minimum absolute atomic E-state index is 0.126. The predicted octanol–water partition coefficient (Wildman–Crippen LogP) is 5.28. The highest BCUT2D eigenvalue weighted by Crippen LogP contribution is 2.29. The molecule has 3 aromatic rings. The number of nitrogens with one attached hydrogen (secondary N) is 1. The fraction of sp³-hybridized carbons (Fsp3) is 0.0435. The fourth-order valence-electron chi connectivity index (χ4n) is 3.20. The average Bonchev–Trinajstić information content (AvgIpc) is 2.73. The van der Waals surface area contributed by atoms with Gasteiger partial charge in [0.2, 0.25) is 0 Å². The van der Waals surface area contributed by atoms with Crippen molar-refractivity contribution in [3.05, 3.63) is 94.0 Å². The van der Waals surface area contributed by atoms with Gasteiger partial charge in [-0.05, 0) is 59.8 Å². The van der Waals surface area contributed by atoms with Gasteiger partial charge < -0.3 is 10.4 Å². The van der Waals surface area contributed by atoms with E-state index in [-0.39, 0.29) is 10.7 Å². The first-order valence-corrected chi connectivity index (χ1v) is 10.3. The molecule has 1 aliphatic rings. The van der Waals surface area contributed by atoms with Crippen LogP contribution in [0.1, 0.15) is 5.56 Å². The zero-order valence-corrected chi connectivity index (χ0v) is 17.9. The van der Waals surface area contributed by atoms with Crippen LogP contribution < -0.4 is 10.2 Å². The summed E-state index contributed by atoms with van der Waals surface area (Å²) in [5.74, 6) is -0.399. The second-order valence-electron chi connectivity index (χ2n) is 6.67. The highest BCUT2D eigenvalue weighted by Gasteiger charge is 2.34. The van der Waals surface area contributed by atoms with E-state index in [9.17, 15) is 9.90 Å². The summed E-state index contributed by atoms with van der Waals surface area (Å²) in [7, 11) is 0. The minimum atomic E-state index is -1.20. The van der Waals surface area contributed by atoms with Gasteiger partial charge in [-0.2, -0.15) is 0 Å². The first-order chi connectivity index (χ1) is 14.4. The molecule has 150 valence electrons. The van der Waals surface area contributed by atoms with Crippen LogP contribution in [0.2, 0.25) is 10.0 Å². The van der Waals surface area contributed by atoms with Gasteiger partial charge in [0.05, 0.1) is 11.3 Å². The van der Waals surface area contributed by atoms with E-state index < -0.39 is 12.1 Å². The third-order valence-electron chi connectivity index (χ3n) is 4.71. The van der Waals surface area contributed by atoms with Gasteiger partial charge in [0.1, 0.15) is 0 Å². The molecular weight excluding hydrogens is 439 g/mol. The standard InChI is InChI=1S/C23H16Cl2N2O2S/c24-16-9-11-17(12-10-16)27-22(29)19(21(28)26-23(27)30)13-14-5-7-15(8-6-14)18-3-1-2-4-20(18)25/h1-13,21,28H,(H,26,30). The number of halogens is 2. The van der Waals surface area contributed by atoms with E-state index in [0.717, 1.165) is 16.7 Å². The topological polar surface area (TPSA) is 52.6 Å². The largest absolute Gasteiger partial charge is 0.369 e.